The van der Waals surface area contributed by atoms with Crippen LogP contribution in [0.4, 0.5) is 11.8 Å². The van der Waals surface area contributed by atoms with E-state index in [1.807, 2.05) is 35.2 Å². The van der Waals surface area contributed by atoms with Crippen LogP contribution in [0.15, 0.2) is 47.1 Å². The average Bonchev–Trinajstić information content (AvgIpc) is 3.38. The van der Waals surface area contributed by atoms with Crippen LogP contribution in [0.2, 0.25) is 0 Å². The molecule has 0 radical (unpaired) electrons. The first-order valence-corrected chi connectivity index (χ1v) is 10.7. The highest BCUT2D eigenvalue weighted by atomic mass is 16.6. The van der Waals surface area contributed by atoms with Crippen molar-refractivity contribution in [2.75, 3.05) is 51.0 Å². The quantitative estimate of drug-likeness (QED) is 0.472. The molecule has 3 heterocycles. The summed E-state index contributed by atoms with van der Waals surface area (Å²) in [5, 5.41) is 8.48. The number of nitrogen functional groups attached to an aromatic ring is 1. The third-order valence-electron chi connectivity index (χ3n) is 5.81. The van der Waals surface area contributed by atoms with Crippen molar-refractivity contribution in [3.8, 4) is 22.8 Å². The first-order chi connectivity index (χ1) is 16.6. The number of nitrogens with zero attached hydrogens (tertiary/aromatic N) is 6. The molecule has 4 aromatic rings. The third kappa shape index (κ3) is 3.81. The van der Waals surface area contributed by atoms with Crippen molar-refractivity contribution in [3.05, 3.63) is 48.2 Å². The second-order valence-electron chi connectivity index (χ2n) is 7.74. The van der Waals surface area contributed by atoms with Gasteiger partial charge in [-0.1, -0.05) is 30.3 Å². The molecule has 1 aliphatic rings. The van der Waals surface area contributed by atoms with Gasteiger partial charge in [0.25, 0.3) is 5.91 Å². The summed E-state index contributed by atoms with van der Waals surface area (Å²) in [6, 6.07) is 12.9. The first-order valence-electron chi connectivity index (χ1n) is 10.7. The lowest BCUT2D eigenvalue weighted by atomic mass is 10.1. The molecule has 0 atom stereocenters. The fraction of sp³-hybridized carbons (Fsp3) is 0.261. The normalized spacial score (nSPS) is 13.8. The van der Waals surface area contributed by atoms with E-state index >= 15 is 0 Å². The lowest BCUT2D eigenvalue weighted by Gasteiger charge is -2.34. The molecule has 174 valence electrons. The maximum atomic E-state index is 13.1. The van der Waals surface area contributed by atoms with Crippen LogP contribution in [0.25, 0.3) is 22.2 Å². The minimum atomic E-state index is -0.226. The van der Waals surface area contributed by atoms with Gasteiger partial charge in [0.15, 0.2) is 11.5 Å². The number of fused-ring (bicyclic) bond motifs is 1. The standard InChI is InChI=1S/C23H23N7O4/c1-32-17-12-15-16(13-18(17)33-2)25-23(26-21(15)24)30-10-8-29(9-11-30)22(31)20-19(27-34-28-20)14-6-4-3-5-7-14/h3-7,12-13H,8-11H2,1-2H3,(H2,24,25,26). The number of piperazine rings is 1. The molecular weight excluding hydrogens is 438 g/mol. The van der Waals surface area contributed by atoms with Crippen molar-refractivity contribution in [2.45, 2.75) is 0 Å². The number of amides is 1. The van der Waals surface area contributed by atoms with E-state index < -0.39 is 0 Å². The van der Waals surface area contributed by atoms with E-state index in [2.05, 4.69) is 20.3 Å². The van der Waals surface area contributed by atoms with Gasteiger partial charge in [-0.3, -0.25) is 4.79 Å². The van der Waals surface area contributed by atoms with Crippen molar-refractivity contribution < 1.29 is 18.9 Å². The number of anilines is 2. The van der Waals surface area contributed by atoms with Gasteiger partial charge in [-0.05, 0) is 16.4 Å². The molecule has 1 saturated heterocycles. The summed E-state index contributed by atoms with van der Waals surface area (Å²) in [5.74, 6) is 1.74. The maximum absolute atomic E-state index is 13.1. The van der Waals surface area contributed by atoms with E-state index in [1.165, 1.54) is 0 Å². The van der Waals surface area contributed by atoms with E-state index in [1.54, 1.807) is 31.3 Å². The molecule has 5 rings (SSSR count). The van der Waals surface area contributed by atoms with Gasteiger partial charge in [-0.2, -0.15) is 4.98 Å². The van der Waals surface area contributed by atoms with Gasteiger partial charge in [-0.25, -0.2) is 9.61 Å². The zero-order chi connectivity index (χ0) is 23.7. The Hall–Kier alpha value is -4.41. The van der Waals surface area contributed by atoms with Gasteiger partial charge in [0.05, 0.1) is 19.7 Å². The SMILES string of the molecule is COc1cc2nc(N3CCN(C(=O)c4nonc4-c4ccccc4)CC3)nc(N)c2cc1OC. The van der Waals surface area contributed by atoms with Gasteiger partial charge >= 0.3 is 0 Å². The molecular formula is C23H23N7O4. The summed E-state index contributed by atoms with van der Waals surface area (Å²) in [6.07, 6.45) is 0. The molecule has 11 nitrogen and oxygen atoms in total. The molecule has 34 heavy (non-hydrogen) atoms. The van der Waals surface area contributed by atoms with Crippen molar-refractivity contribution in [1.82, 2.24) is 25.2 Å². The largest absolute Gasteiger partial charge is 0.493 e. The van der Waals surface area contributed by atoms with Crippen molar-refractivity contribution in [2.24, 2.45) is 0 Å². The van der Waals surface area contributed by atoms with Gasteiger partial charge in [0, 0.05) is 43.2 Å². The maximum Gasteiger partial charge on any atom is 0.278 e. The van der Waals surface area contributed by atoms with Gasteiger partial charge in [0.1, 0.15) is 11.5 Å². The highest BCUT2D eigenvalue weighted by Gasteiger charge is 2.29. The Morgan fingerprint density at radius 3 is 2.38 bits per heavy atom. The number of rotatable bonds is 5. The van der Waals surface area contributed by atoms with Gasteiger partial charge in [0.2, 0.25) is 11.6 Å². The summed E-state index contributed by atoms with van der Waals surface area (Å²) in [6.45, 7) is 2.01. The fourth-order valence-corrected chi connectivity index (χ4v) is 3.98. The summed E-state index contributed by atoms with van der Waals surface area (Å²) >= 11 is 0. The number of benzene rings is 2. The second-order valence-corrected chi connectivity index (χ2v) is 7.74. The molecule has 0 saturated carbocycles. The topological polar surface area (TPSA) is 133 Å². The number of hydrogen-bond donors (Lipinski definition) is 1. The number of carbonyl (C=O) groups excluding carboxylic acids is 1. The smallest absolute Gasteiger partial charge is 0.278 e. The summed E-state index contributed by atoms with van der Waals surface area (Å²) in [4.78, 5) is 26.0. The number of carbonyl (C=O) groups is 1. The Morgan fingerprint density at radius 1 is 0.971 bits per heavy atom. The number of methoxy groups -OCH3 is 2. The van der Waals surface area contributed by atoms with Crippen LogP contribution >= 0.6 is 0 Å². The summed E-state index contributed by atoms with van der Waals surface area (Å²) in [5.41, 5.74) is 8.29. The van der Waals surface area contributed by atoms with E-state index in [0.29, 0.717) is 66.0 Å². The Kier molecular flexibility index (Phi) is 5.58. The van der Waals surface area contributed by atoms with Crippen LogP contribution in [0.1, 0.15) is 10.5 Å². The van der Waals surface area contributed by atoms with Crippen LogP contribution in [0.5, 0.6) is 11.5 Å². The number of hydrogen-bond acceptors (Lipinski definition) is 10. The van der Waals surface area contributed by atoms with Crippen LogP contribution in [-0.4, -0.2) is 71.5 Å². The van der Waals surface area contributed by atoms with Crippen molar-refractivity contribution in [3.63, 3.8) is 0 Å². The molecule has 0 aliphatic carbocycles. The number of aromatic nitrogens is 4. The van der Waals surface area contributed by atoms with Crippen LogP contribution in [-0.2, 0) is 0 Å². The predicted molar refractivity (Wildman–Crippen MR) is 125 cm³/mol. The van der Waals surface area contributed by atoms with Crippen molar-refractivity contribution in [1.29, 1.82) is 0 Å². The first kappa shape index (κ1) is 21.4. The van der Waals surface area contributed by atoms with E-state index in [4.69, 9.17) is 19.8 Å². The molecule has 11 heteroatoms. The highest BCUT2D eigenvalue weighted by molar-refractivity contribution is 5.98. The van der Waals surface area contributed by atoms with Crippen LogP contribution < -0.4 is 20.1 Å². The number of ether oxygens (including phenoxy) is 2. The zero-order valence-electron chi connectivity index (χ0n) is 18.8. The van der Waals surface area contributed by atoms with Gasteiger partial charge < -0.3 is 25.0 Å². The molecule has 0 bridgehead atoms. The third-order valence-corrected chi connectivity index (χ3v) is 5.81. The van der Waals surface area contributed by atoms with Crippen LogP contribution in [0.3, 0.4) is 0 Å². The molecule has 0 unspecified atom stereocenters. The molecule has 2 aromatic heterocycles. The molecule has 0 spiro atoms. The van der Waals surface area contributed by atoms with E-state index in [-0.39, 0.29) is 11.6 Å². The lowest BCUT2D eigenvalue weighted by Crippen LogP contribution is -2.49. The molecule has 2 aromatic carbocycles. The fourth-order valence-electron chi connectivity index (χ4n) is 3.98. The monoisotopic (exact) mass is 461 g/mol. The van der Waals surface area contributed by atoms with Crippen molar-refractivity contribution >= 4 is 28.6 Å². The van der Waals surface area contributed by atoms with Crippen LogP contribution in [0, 0.1) is 0 Å². The molecule has 1 aliphatic heterocycles. The summed E-state index contributed by atoms with van der Waals surface area (Å²) < 4.78 is 15.6. The minimum absolute atomic E-state index is 0.201. The lowest BCUT2D eigenvalue weighted by molar-refractivity contribution is 0.0735. The molecule has 1 amide bonds. The van der Waals surface area contributed by atoms with E-state index in [0.717, 1.165) is 5.56 Å². The Morgan fingerprint density at radius 2 is 1.68 bits per heavy atom. The summed E-state index contributed by atoms with van der Waals surface area (Å²) in [7, 11) is 3.13. The van der Waals surface area contributed by atoms with Gasteiger partial charge in [-0.15, -0.1) is 0 Å². The Balaban J connectivity index is 1.34. The predicted octanol–water partition coefficient (Wildman–Crippen LogP) is 2.24. The number of nitrogens with two attached hydrogens (primary N) is 1. The Bertz CT molecular complexity index is 1330. The highest BCUT2D eigenvalue weighted by Crippen LogP contribution is 2.34. The molecule has 2 N–H and O–H groups in total. The Labute approximate surface area is 195 Å². The minimum Gasteiger partial charge on any atom is -0.493 e. The molecule has 1 fully saturated rings. The zero-order valence-corrected chi connectivity index (χ0v) is 18.8. The van der Waals surface area contributed by atoms with E-state index in [9.17, 15) is 4.79 Å². The second kappa shape index (κ2) is 8.85. The average molecular weight is 461 g/mol.